The molecule has 2 heterocycles. The number of carbonyl (C=O) groups is 2. The van der Waals surface area contributed by atoms with Gasteiger partial charge in [-0.3, -0.25) is 20.4 Å². The molecule has 142 valence electrons. The highest BCUT2D eigenvalue weighted by molar-refractivity contribution is 5.96. The Labute approximate surface area is 161 Å². The van der Waals surface area contributed by atoms with E-state index in [1.807, 2.05) is 53.2 Å². The van der Waals surface area contributed by atoms with E-state index in [9.17, 15) is 9.59 Å². The van der Waals surface area contributed by atoms with Gasteiger partial charge in [0.1, 0.15) is 6.04 Å². The first kappa shape index (κ1) is 17.9. The molecular weight excluding hydrogens is 356 g/mol. The molecule has 2 amide bonds. The average Bonchev–Trinajstić information content (AvgIpc) is 3.45. The number of nitrogens with zero attached hydrogens (tertiary/aromatic N) is 2. The number of hydrogen-bond donors (Lipinski definition) is 4. The molecule has 2 aromatic carbocycles. The van der Waals surface area contributed by atoms with Crippen LogP contribution in [0, 0.1) is 0 Å². The van der Waals surface area contributed by atoms with E-state index in [0.717, 1.165) is 11.3 Å². The van der Waals surface area contributed by atoms with E-state index in [-0.39, 0.29) is 17.9 Å². The van der Waals surface area contributed by atoms with Gasteiger partial charge in [0.15, 0.2) is 0 Å². The molecule has 0 spiro atoms. The molecule has 1 fully saturated rings. The number of nitrogens with one attached hydrogen (secondary N) is 4. The molecule has 1 aromatic heterocycles. The van der Waals surface area contributed by atoms with Crippen molar-refractivity contribution in [3.05, 3.63) is 84.4 Å². The van der Waals surface area contributed by atoms with Gasteiger partial charge in [-0.15, -0.1) is 0 Å². The quantitative estimate of drug-likeness (QED) is 0.514. The number of hydrazine groups is 2. The van der Waals surface area contributed by atoms with E-state index in [2.05, 4.69) is 26.7 Å². The summed E-state index contributed by atoms with van der Waals surface area (Å²) in [5.74, 6) is -0.676. The molecule has 0 aliphatic carbocycles. The molecular formula is C20H20N6O2. The Bertz CT molecular complexity index is 941. The molecule has 4 N–H and O–H groups in total. The minimum atomic E-state index is -0.436. The fourth-order valence-corrected chi connectivity index (χ4v) is 3.11. The Morgan fingerprint density at radius 3 is 2.50 bits per heavy atom. The van der Waals surface area contributed by atoms with Crippen LogP contribution in [-0.2, 0) is 4.79 Å². The maximum Gasteiger partial charge on any atom is 0.269 e. The van der Waals surface area contributed by atoms with Gasteiger partial charge in [0.25, 0.3) is 11.8 Å². The predicted molar refractivity (Wildman–Crippen MR) is 103 cm³/mol. The lowest BCUT2D eigenvalue weighted by Gasteiger charge is -2.12. The van der Waals surface area contributed by atoms with Crippen LogP contribution in [0.5, 0.6) is 0 Å². The number of amides is 2. The number of rotatable bonds is 4. The van der Waals surface area contributed by atoms with Gasteiger partial charge < -0.3 is 4.57 Å². The first-order valence-corrected chi connectivity index (χ1v) is 8.95. The lowest BCUT2D eigenvalue weighted by atomic mass is 10.0. The lowest BCUT2D eigenvalue weighted by molar-refractivity contribution is -0.123. The fourth-order valence-electron chi connectivity index (χ4n) is 3.11. The standard InChI is InChI=1S/C20H20N6O2/c27-19(15-6-8-16(9-7-15)26-11-10-21-13-26)24-25-20(28)18-12-17(22-23-18)14-4-2-1-3-5-14/h1-11,13,17-18,22-23H,12H2,(H,24,27)(H,25,28). The van der Waals surface area contributed by atoms with Crippen LogP contribution >= 0.6 is 0 Å². The minimum Gasteiger partial charge on any atom is -0.306 e. The van der Waals surface area contributed by atoms with Gasteiger partial charge in [-0.1, -0.05) is 30.3 Å². The number of imidazole rings is 1. The van der Waals surface area contributed by atoms with E-state index in [0.29, 0.717) is 12.0 Å². The van der Waals surface area contributed by atoms with Crippen molar-refractivity contribution < 1.29 is 9.59 Å². The number of benzene rings is 2. The topological polar surface area (TPSA) is 100 Å². The maximum atomic E-state index is 12.3. The highest BCUT2D eigenvalue weighted by Gasteiger charge is 2.30. The van der Waals surface area contributed by atoms with Crippen molar-refractivity contribution >= 4 is 11.8 Å². The minimum absolute atomic E-state index is 0.0448. The summed E-state index contributed by atoms with van der Waals surface area (Å²) in [5, 5.41) is 0. The summed E-state index contributed by atoms with van der Waals surface area (Å²) < 4.78 is 1.84. The largest absolute Gasteiger partial charge is 0.306 e. The van der Waals surface area contributed by atoms with Crippen LogP contribution in [0.4, 0.5) is 0 Å². The third kappa shape index (κ3) is 3.93. The lowest BCUT2D eigenvalue weighted by Crippen LogP contribution is -2.50. The third-order valence-corrected chi connectivity index (χ3v) is 4.65. The van der Waals surface area contributed by atoms with Crippen molar-refractivity contribution in [3.63, 3.8) is 0 Å². The second-order valence-electron chi connectivity index (χ2n) is 6.50. The molecule has 2 unspecified atom stereocenters. The first-order valence-electron chi connectivity index (χ1n) is 8.95. The second-order valence-corrected chi connectivity index (χ2v) is 6.50. The normalized spacial score (nSPS) is 18.6. The van der Waals surface area contributed by atoms with Crippen molar-refractivity contribution in [2.75, 3.05) is 0 Å². The molecule has 8 nitrogen and oxygen atoms in total. The summed E-state index contributed by atoms with van der Waals surface area (Å²) in [4.78, 5) is 28.6. The van der Waals surface area contributed by atoms with Gasteiger partial charge in [0, 0.05) is 29.7 Å². The van der Waals surface area contributed by atoms with Crippen LogP contribution in [0.2, 0.25) is 0 Å². The van der Waals surface area contributed by atoms with E-state index in [1.165, 1.54) is 0 Å². The van der Waals surface area contributed by atoms with E-state index in [4.69, 9.17) is 0 Å². The Hall–Kier alpha value is -3.49. The Morgan fingerprint density at radius 1 is 1.00 bits per heavy atom. The third-order valence-electron chi connectivity index (χ3n) is 4.65. The zero-order chi connectivity index (χ0) is 19.3. The Morgan fingerprint density at radius 2 is 1.79 bits per heavy atom. The van der Waals surface area contributed by atoms with Gasteiger partial charge in [-0.05, 0) is 36.2 Å². The van der Waals surface area contributed by atoms with Crippen molar-refractivity contribution in [1.82, 2.24) is 31.3 Å². The smallest absolute Gasteiger partial charge is 0.269 e. The summed E-state index contributed by atoms with van der Waals surface area (Å²) in [6.45, 7) is 0. The highest BCUT2D eigenvalue weighted by Crippen LogP contribution is 2.21. The van der Waals surface area contributed by atoms with Gasteiger partial charge in [-0.2, -0.15) is 0 Å². The molecule has 0 radical (unpaired) electrons. The average molecular weight is 376 g/mol. The molecule has 4 rings (SSSR count). The van der Waals surface area contributed by atoms with Crippen LogP contribution in [-0.4, -0.2) is 27.4 Å². The van der Waals surface area contributed by atoms with Crippen LogP contribution in [0.25, 0.3) is 5.69 Å². The molecule has 2 atom stereocenters. The Balaban J connectivity index is 1.29. The summed E-state index contributed by atoms with van der Waals surface area (Å²) in [5.41, 5.74) is 13.5. The van der Waals surface area contributed by atoms with Crippen LogP contribution in [0.15, 0.2) is 73.3 Å². The van der Waals surface area contributed by atoms with Crippen molar-refractivity contribution in [2.45, 2.75) is 18.5 Å². The second kappa shape index (κ2) is 8.03. The number of aromatic nitrogens is 2. The van der Waals surface area contributed by atoms with E-state index >= 15 is 0 Å². The van der Waals surface area contributed by atoms with E-state index < -0.39 is 6.04 Å². The van der Waals surface area contributed by atoms with Crippen molar-refractivity contribution in [2.24, 2.45) is 0 Å². The summed E-state index contributed by atoms with van der Waals surface area (Å²) >= 11 is 0. The van der Waals surface area contributed by atoms with Crippen LogP contribution < -0.4 is 21.7 Å². The van der Waals surface area contributed by atoms with Gasteiger partial charge in [-0.25, -0.2) is 15.8 Å². The fraction of sp³-hybridized carbons (Fsp3) is 0.150. The van der Waals surface area contributed by atoms with Crippen molar-refractivity contribution in [3.8, 4) is 5.69 Å². The zero-order valence-corrected chi connectivity index (χ0v) is 15.0. The maximum absolute atomic E-state index is 12.3. The first-order chi connectivity index (χ1) is 13.7. The molecule has 28 heavy (non-hydrogen) atoms. The number of carbonyl (C=O) groups excluding carboxylic acids is 2. The predicted octanol–water partition coefficient (Wildman–Crippen LogP) is 1.24. The molecule has 0 bridgehead atoms. The monoisotopic (exact) mass is 376 g/mol. The summed E-state index contributed by atoms with van der Waals surface area (Å²) in [7, 11) is 0. The molecule has 1 aliphatic rings. The van der Waals surface area contributed by atoms with E-state index in [1.54, 1.807) is 24.7 Å². The van der Waals surface area contributed by atoms with Gasteiger partial charge >= 0.3 is 0 Å². The SMILES string of the molecule is O=C(NNC(=O)C1CC(c2ccccc2)NN1)c1ccc(-n2ccnc2)cc1. The number of hydrogen-bond acceptors (Lipinski definition) is 5. The molecule has 1 aliphatic heterocycles. The van der Waals surface area contributed by atoms with Crippen LogP contribution in [0.1, 0.15) is 28.4 Å². The molecule has 1 saturated heterocycles. The summed E-state index contributed by atoms with van der Waals surface area (Å²) in [6.07, 6.45) is 5.77. The van der Waals surface area contributed by atoms with Gasteiger partial charge in [0.2, 0.25) is 0 Å². The van der Waals surface area contributed by atoms with Crippen molar-refractivity contribution in [1.29, 1.82) is 0 Å². The summed E-state index contributed by atoms with van der Waals surface area (Å²) in [6, 6.07) is 16.5. The molecule has 3 aromatic rings. The zero-order valence-electron chi connectivity index (χ0n) is 15.0. The molecule has 0 saturated carbocycles. The Kier molecular flexibility index (Phi) is 5.14. The van der Waals surface area contributed by atoms with Crippen LogP contribution in [0.3, 0.4) is 0 Å². The highest BCUT2D eigenvalue weighted by atomic mass is 16.2. The van der Waals surface area contributed by atoms with Gasteiger partial charge in [0.05, 0.1) is 6.33 Å². The molecule has 8 heteroatoms.